The van der Waals surface area contributed by atoms with Crippen LogP contribution in [-0.4, -0.2) is 53.5 Å². The second-order valence-corrected chi connectivity index (χ2v) is 11.4. The molecule has 0 spiro atoms. The van der Waals surface area contributed by atoms with E-state index in [0.717, 1.165) is 11.6 Å². The monoisotopic (exact) mass is 663 g/mol. The number of rotatable bonds is 11. The molecule has 2 aliphatic rings. The largest absolute Gasteiger partial charge is 0.586 e. The van der Waals surface area contributed by atoms with Gasteiger partial charge in [-0.25, -0.2) is 13.8 Å². The molecule has 15 heteroatoms. The van der Waals surface area contributed by atoms with Gasteiger partial charge >= 0.3 is 12.9 Å². The standard InChI is InChI=1S/C32H27F6N3O6/c1-15-7-18-9-19(11-23(45-30(35)36)26(18)39-12-15)29(42)40-14-31(43,20-4-5-20)24-8-16(2)28(44-13-25(33)34)27(41-24)17-3-6-21-22(10-17)47-32(37,38)46-21/h3,6-12,20,25,30,43H,4-5,13-14H2,1-2H3,(H,40,42)/t31-/m1/s1. The second kappa shape index (κ2) is 12.1. The molecule has 2 aromatic heterocycles. The van der Waals surface area contributed by atoms with Crippen molar-refractivity contribution in [2.45, 2.75) is 51.6 Å². The zero-order valence-corrected chi connectivity index (χ0v) is 24.8. The van der Waals surface area contributed by atoms with Crippen LogP contribution in [0, 0.1) is 19.8 Å². The highest BCUT2D eigenvalue weighted by Crippen LogP contribution is 2.48. The van der Waals surface area contributed by atoms with E-state index in [-0.39, 0.29) is 63.5 Å². The van der Waals surface area contributed by atoms with Crippen molar-refractivity contribution in [1.82, 2.24) is 15.3 Å². The van der Waals surface area contributed by atoms with E-state index in [1.165, 1.54) is 43.5 Å². The molecule has 1 fully saturated rings. The molecular formula is C32H27F6N3O6. The number of nitrogens with one attached hydrogen (secondary N) is 1. The Morgan fingerprint density at radius 1 is 1.09 bits per heavy atom. The number of alkyl halides is 6. The van der Waals surface area contributed by atoms with Crippen molar-refractivity contribution in [3.05, 3.63) is 71.0 Å². The SMILES string of the molecule is Cc1cnc2c(OC(F)F)cc(C(=O)NC[C@](O)(c3cc(C)c(OCC(F)F)c(-c4ccc5c(c4)OC(F)(F)O5)n3)C3CC3)cc2c1. The van der Waals surface area contributed by atoms with E-state index in [4.69, 9.17) is 4.74 Å². The summed E-state index contributed by atoms with van der Waals surface area (Å²) in [5.41, 5.74) is -0.503. The summed E-state index contributed by atoms with van der Waals surface area (Å²) < 4.78 is 99.0. The minimum absolute atomic E-state index is 0.0311. The van der Waals surface area contributed by atoms with Crippen molar-refractivity contribution in [3.8, 4) is 34.3 Å². The molecule has 47 heavy (non-hydrogen) atoms. The van der Waals surface area contributed by atoms with Crippen LogP contribution in [0.1, 0.15) is 40.0 Å². The fourth-order valence-electron chi connectivity index (χ4n) is 5.47. The maximum atomic E-state index is 13.7. The average molecular weight is 664 g/mol. The van der Waals surface area contributed by atoms with Crippen molar-refractivity contribution in [2.75, 3.05) is 13.2 Å². The van der Waals surface area contributed by atoms with Crippen molar-refractivity contribution < 1.29 is 55.2 Å². The second-order valence-electron chi connectivity index (χ2n) is 11.4. The molecule has 248 valence electrons. The first-order chi connectivity index (χ1) is 22.2. The number of carbonyl (C=O) groups is 1. The molecule has 2 N–H and O–H groups in total. The molecule has 4 aromatic rings. The summed E-state index contributed by atoms with van der Waals surface area (Å²) in [6.45, 7) is -1.25. The quantitative estimate of drug-likeness (QED) is 0.175. The third kappa shape index (κ3) is 6.70. The van der Waals surface area contributed by atoms with E-state index in [9.17, 15) is 36.2 Å². The molecule has 9 nitrogen and oxygen atoms in total. The van der Waals surface area contributed by atoms with Gasteiger partial charge in [0.1, 0.15) is 29.2 Å². The number of aliphatic hydroxyl groups is 1. The van der Waals surface area contributed by atoms with Crippen LogP contribution in [0.2, 0.25) is 0 Å². The lowest BCUT2D eigenvalue weighted by Crippen LogP contribution is -2.43. The Bertz CT molecular complexity index is 1850. The number of halogens is 6. The number of nitrogens with zero attached hydrogens (tertiary/aromatic N) is 2. The summed E-state index contributed by atoms with van der Waals surface area (Å²) in [6, 6.07) is 9.42. The van der Waals surface area contributed by atoms with Gasteiger partial charge in [-0.3, -0.25) is 9.78 Å². The number of aromatic nitrogens is 2. The number of pyridine rings is 2. The van der Waals surface area contributed by atoms with Gasteiger partial charge < -0.3 is 29.4 Å². The lowest BCUT2D eigenvalue weighted by atomic mass is 9.90. The lowest BCUT2D eigenvalue weighted by molar-refractivity contribution is -0.286. The predicted octanol–water partition coefficient (Wildman–Crippen LogP) is 6.51. The van der Waals surface area contributed by atoms with E-state index in [1.54, 1.807) is 13.0 Å². The predicted molar refractivity (Wildman–Crippen MR) is 154 cm³/mol. The fourth-order valence-corrected chi connectivity index (χ4v) is 5.47. The molecule has 3 heterocycles. The molecule has 1 amide bonds. The molecule has 1 aliphatic carbocycles. The van der Waals surface area contributed by atoms with E-state index in [1.807, 2.05) is 0 Å². The Morgan fingerprint density at radius 3 is 2.53 bits per heavy atom. The first kappa shape index (κ1) is 32.2. The molecule has 6 rings (SSSR count). The number of aryl methyl sites for hydroxylation is 2. The zero-order valence-electron chi connectivity index (χ0n) is 24.8. The molecule has 0 bridgehead atoms. The average Bonchev–Trinajstić information content (AvgIpc) is 3.80. The van der Waals surface area contributed by atoms with E-state index in [0.29, 0.717) is 23.8 Å². The Morgan fingerprint density at radius 2 is 1.83 bits per heavy atom. The van der Waals surface area contributed by atoms with Gasteiger partial charge in [0.15, 0.2) is 17.2 Å². The van der Waals surface area contributed by atoms with Crippen LogP contribution in [0.25, 0.3) is 22.2 Å². The van der Waals surface area contributed by atoms with Crippen LogP contribution < -0.4 is 24.3 Å². The highest BCUT2D eigenvalue weighted by molar-refractivity contribution is 6.00. The smallest absolute Gasteiger partial charge is 0.485 e. The summed E-state index contributed by atoms with van der Waals surface area (Å²) in [5.74, 6) is -2.03. The summed E-state index contributed by atoms with van der Waals surface area (Å²) in [5, 5.41) is 15.0. The Labute approximate surface area is 263 Å². The Balaban J connectivity index is 1.34. The summed E-state index contributed by atoms with van der Waals surface area (Å²) in [7, 11) is 0. The van der Waals surface area contributed by atoms with Crippen LogP contribution in [0.15, 0.2) is 48.7 Å². The maximum Gasteiger partial charge on any atom is 0.586 e. The number of benzene rings is 2. The van der Waals surface area contributed by atoms with Crippen LogP contribution in [0.4, 0.5) is 26.3 Å². The van der Waals surface area contributed by atoms with Crippen molar-refractivity contribution in [3.63, 3.8) is 0 Å². The van der Waals surface area contributed by atoms with Crippen LogP contribution in [-0.2, 0) is 5.60 Å². The molecule has 1 saturated carbocycles. The number of amides is 1. The van der Waals surface area contributed by atoms with Gasteiger partial charge in [0.05, 0.1) is 12.2 Å². The van der Waals surface area contributed by atoms with Crippen molar-refractivity contribution in [1.29, 1.82) is 0 Å². The maximum absolute atomic E-state index is 13.7. The lowest BCUT2D eigenvalue weighted by Gasteiger charge is -2.29. The first-order valence-corrected chi connectivity index (χ1v) is 14.4. The number of hydrogen-bond acceptors (Lipinski definition) is 8. The number of hydrogen-bond donors (Lipinski definition) is 2. The van der Waals surface area contributed by atoms with Gasteiger partial charge in [-0.2, -0.15) is 8.78 Å². The fraction of sp³-hybridized carbons (Fsp3) is 0.344. The molecule has 1 aliphatic heterocycles. The number of carbonyl (C=O) groups excluding carboxylic acids is 1. The van der Waals surface area contributed by atoms with Crippen LogP contribution in [0.3, 0.4) is 0 Å². The van der Waals surface area contributed by atoms with Crippen LogP contribution >= 0.6 is 0 Å². The topological polar surface area (TPSA) is 112 Å². The molecule has 2 aromatic carbocycles. The van der Waals surface area contributed by atoms with Gasteiger partial charge in [-0.15, -0.1) is 8.78 Å². The minimum Gasteiger partial charge on any atom is -0.485 e. The van der Waals surface area contributed by atoms with Gasteiger partial charge in [0.25, 0.3) is 12.3 Å². The summed E-state index contributed by atoms with van der Waals surface area (Å²) in [6.07, 6.45) is -4.13. The Kier molecular flexibility index (Phi) is 8.28. The highest BCUT2D eigenvalue weighted by Gasteiger charge is 2.47. The van der Waals surface area contributed by atoms with Crippen molar-refractivity contribution in [2.24, 2.45) is 5.92 Å². The highest BCUT2D eigenvalue weighted by atomic mass is 19.3. The zero-order chi connectivity index (χ0) is 33.7. The number of fused-ring (bicyclic) bond motifs is 2. The molecule has 0 saturated heterocycles. The van der Waals surface area contributed by atoms with Gasteiger partial charge in [0.2, 0.25) is 0 Å². The van der Waals surface area contributed by atoms with E-state index in [2.05, 4.69) is 29.5 Å². The summed E-state index contributed by atoms with van der Waals surface area (Å²) >= 11 is 0. The third-order valence-electron chi connectivity index (χ3n) is 7.76. The molecule has 1 atom stereocenters. The van der Waals surface area contributed by atoms with E-state index >= 15 is 0 Å². The molecular weight excluding hydrogens is 636 g/mol. The Hall–Kier alpha value is -4.79. The molecule has 0 radical (unpaired) electrons. The van der Waals surface area contributed by atoms with Crippen molar-refractivity contribution >= 4 is 16.8 Å². The third-order valence-corrected chi connectivity index (χ3v) is 7.76. The van der Waals surface area contributed by atoms with Gasteiger partial charge in [-0.05, 0) is 86.2 Å². The van der Waals surface area contributed by atoms with E-state index < -0.39 is 37.4 Å². The van der Waals surface area contributed by atoms with Gasteiger partial charge in [-0.1, -0.05) is 0 Å². The first-order valence-electron chi connectivity index (χ1n) is 14.4. The summed E-state index contributed by atoms with van der Waals surface area (Å²) in [4.78, 5) is 22.1. The van der Waals surface area contributed by atoms with Crippen LogP contribution in [0.5, 0.6) is 23.0 Å². The normalized spacial score (nSPS) is 16.4. The number of ether oxygens (including phenoxy) is 4. The minimum atomic E-state index is -3.90. The van der Waals surface area contributed by atoms with Gasteiger partial charge in [0, 0.05) is 22.7 Å². The molecule has 0 unspecified atom stereocenters.